The molecule has 2 aliphatic rings. The van der Waals surface area contributed by atoms with Crippen LogP contribution < -0.4 is 10.6 Å². The number of hydrogen-bond acceptors (Lipinski definition) is 3. The van der Waals surface area contributed by atoms with Crippen molar-refractivity contribution in [3.8, 4) is 0 Å². The number of nitrogens with one attached hydrogen (secondary N) is 2. The molecule has 2 aliphatic heterocycles. The highest BCUT2D eigenvalue weighted by Gasteiger charge is 2.35. The number of likely N-dealkylation sites (tertiary alicyclic amines) is 1. The third-order valence-corrected chi connectivity index (χ3v) is 5.54. The summed E-state index contributed by atoms with van der Waals surface area (Å²) in [5, 5.41) is 5.66. The number of urea groups is 1. The van der Waals surface area contributed by atoms with Crippen molar-refractivity contribution in [1.82, 2.24) is 20.4 Å². The van der Waals surface area contributed by atoms with Crippen LogP contribution in [-0.2, 0) is 6.42 Å². The van der Waals surface area contributed by atoms with Crippen LogP contribution in [0.5, 0.6) is 0 Å². The first-order valence-electron chi connectivity index (χ1n) is 9.14. The van der Waals surface area contributed by atoms with Gasteiger partial charge in [-0.05, 0) is 50.4 Å². The summed E-state index contributed by atoms with van der Waals surface area (Å²) in [6.07, 6.45) is 4.24. The monoisotopic (exact) mass is 344 g/mol. The van der Waals surface area contributed by atoms with E-state index in [1.54, 1.807) is 13.1 Å². The largest absolute Gasteiger partial charge is 0.355 e. The second-order valence-corrected chi connectivity index (χ2v) is 7.05. The quantitative estimate of drug-likeness (QED) is 0.869. The molecule has 0 unspecified atom stereocenters. The fourth-order valence-electron chi connectivity index (χ4n) is 3.93. The Balaban J connectivity index is 1.49. The Morgan fingerprint density at radius 1 is 1.20 bits per heavy atom. The lowest BCUT2D eigenvalue weighted by Crippen LogP contribution is -2.45. The maximum absolute atomic E-state index is 12.5. The zero-order valence-corrected chi connectivity index (χ0v) is 15.1. The van der Waals surface area contributed by atoms with Crippen molar-refractivity contribution in [1.29, 1.82) is 0 Å². The molecule has 2 bridgehead atoms. The smallest absolute Gasteiger partial charge is 0.317 e. The summed E-state index contributed by atoms with van der Waals surface area (Å²) in [5.41, 5.74) is 1.70. The molecule has 0 aliphatic carbocycles. The normalized spacial score (nSPS) is 23.2. The van der Waals surface area contributed by atoms with Gasteiger partial charge in [-0.1, -0.05) is 12.1 Å². The highest BCUT2D eigenvalue weighted by molar-refractivity contribution is 5.94. The van der Waals surface area contributed by atoms with Crippen LogP contribution >= 0.6 is 0 Å². The molecule has 2 fully saturated rings. The van der Waals surface area contributed by atoms with Crippen LogP contribution in [0.3, 0.4) is 0 Å². The van der Waals surface area contributed by atoms with Crippen molar-refractivity contribution in [3.05, 3.63) is 35.4 Å². The standard InChI is InChI=1S/C19H28N4O2/c1-20-18(24)15-5-3-4-14(12-15)8-10-21-19(25)23-11-9-16-6-7-17(13-23)22(16)2/h3-5,12,16-17H,6-11,13H2,1-2H3,(H,20,24)(H,21,25)/t16-,17+/m1/s1. The van der Waals surface area contributed by atoms with Crippen LogP contribution in [0.1, 0.15) is 35.2 Å². The molecular formula is C19H28N4O2. The fraction of sp³-hybridized carbons (Fsp3) is 0.579. The number of nitrogens with zero attached hydrogens (tertiary/aromatic N) is 2. The second-order valence-electron chi connectivity index (χ2n) is 7.05. The summed E-state index contributed by atoms with van der Waals surface area (Å²) in [6.45, 7) is 2.24. The van der Waals surface area contributed by atoms with E-state index in [2.05, 4.69) is 22.6 Å². The van der Waals surface area contributed by atoms with Gasteiger partial charge in [0.05, 0.1) is 0 Å². The van der Waals surface area contributed by atoms with Gasteiger partial charge in [0.2, 0.25) is 0 Å². The average molecular weight is 344 g/mol. The molecule has 2 atom stereocenters. The molecule has 0 spiro atoms. The predicted octanol–water partition coefficient (Wildman–Crippen LogP) is 1.47. The van der Waals surface area contributed by atoms with E-state index in [1.807, 2.05) is 23.1 Å². The van der Waals surface area contributed by atoms with Gasteiger partial charge in [-0.2, -0.15) is 0 Å². The van der Waals surface area contributed by atoms with Gasteiger partial charge >= 0.3 is 6.03 Å². The van der Waals surface area contributed by atoms with E-state index in [-0.39, 0.29) is 11.9 Å². The van der Waals surface area contributed by atoms with Crippen LogP contribution in [0, 0.1) is 0 Å². The molecule has 6 heteroatoms. The summed E-state index contributed by atoms with van der Waals surface area (Å²) in [6, 6.07) is 8.71. The minimum Gasteiger partial charge on any atom is -0.355 e. The summed E-state index contributed by atoms with van der Waals surface area (Å²) in [5.74, 6) is -0.0883. The van der Waals surface area contributed by atoms with Gasteiger partial charge in [0.25, 0.3) is 5.91 Å². The molecule has 2 heterocycles. The predicted molar refractivity (Wildman–Crippen MR) is 97.7 cm³/mol. The maximum atomic E-state index is 12.5. The van der Waals surface area contributed by atoms with Gasteiger partial charge in [0, 0.05) is 44.3 Å². The average Bonchev–Trinajstić information content (AvgIpc) is 2.86. The lowest BCUT2D eigenvalue weighted by molar-refractivity contribution is 0.0963. The Bertz CT molecular complexity index is 634. The number of carbonyl (C=O) groups is 2. The van der Waals surface area contributed by atoms with E-state index in [1.165, 1.54) is 12.8 Å². The zero-order valence-electron chi connectivity index (χ0n) is 15.1. The van der Waals surface area contributed by atoms with Crippen molar-refractivity contribution in [2.24, 2.45) is 0 Å². The minimum atomic E-state index is -0.0883. The number of rotatable bonds is 4. The number of amides is 3. The van der Waals surface area contributed by atoms with Gasteiger partial charge < -0.3 is 15.5 Å². The van der Waals surface area contributed by atoms with Crippen molar-refractivity contribution in [2.45, 2.75) is 37.8 Å². The number of hydrogen-bond donors (Lipinski definition) is 2. The SMILES string of the molecule is CNC(=O)c1cccc(CCNC(=O)N2CC[C@H]3CC[C@@H](C2)N3C)c1. The van der Waals surface area contributed by atoms with Gasteiger partial charge in [0.1, 0.15) is 0 Å². The van der Waals surface area contributed by atoms with E-state index < -0.39 is 0 Å². The maximum Gasteiger partial charge on any atom is 0.317 e. The molecule has 0 radical (unpaired) electrons. The summed E-state index contributed by atoms with van der Waals surface area (Å²) in [4.78, 5) is 28.6. The summed E-state index contributed by atoms with van der Waals surface area (Å²) >= 11 is 0. The van der Waals surface area contributed by atoms with E-state index in [0.29, 0.717) is 24.2 Å². The van der Waals surface area contributed by atoms with E-state index in [9.17, 15) is 9.59 Å². The highest BCUT2D eigenvalue weighted by atomic mass is 16.2. The van der Waals surface area contributed by atoms with Crippen LogP contribution in [0.15, 0.2) is 24.3 Å². The zero-order chi connectivity index (χ0) is 17.8. The molecule has 2 N–H and O–H groups in total. The van der Waals surface area contributed by atoms with Gasteiger partial charge in [-0.25, -0.2) is 4.79 Å². The molecule has 2 saturated heterocycles. The number of carbonyl (C=O) groups excluding carboxylic acids is 2. The van der Waals surface area contributed by atoms with Gasteiger partial charge in [0.15, 0.2) is 0 Å². The molecular weight excluding hydrogens is 316 g/mol. The third kappa shape index (κ3) is 4.12. The molecule has 6 nitrogen and oxygen atoms in total. The van der Waals surface area contributed by atoms with Crippen LogP contribution in [-0.4, -0.2) is 67.6 Å². The topological polar surface area (TPSA) is 64.7 Å². The second kappa shape index (κ2) is 7.87. The lowest BCUT2D eigenvalue weighted by atomic mass is 10.1. The Hall–Kier alpha value is -2.08. The molecule has 1 aromatic rings. The number of benzene rings is 1. The molecule has 1 aromatic carbocycles. The van der Waals surface area contributed by atoms with Crippen LogP contribution in [0.4, 0.5) is 4.79 Å². The lowest BCUT2D eigenvalue weighted by Gasteiger charge is -2.26. The fourth-order valence-corrected chi connectivity index (χ4v) is 3.93. The Morgan fingerprint density at radius 3 is 2.80 bits per heavy atom. The van der Waals surface area contributed by atoms with Crippen molar-refractivity contribution in [3.63, 3.8) is 0 Å². The van der Waals surface area contributed by atoms with Gasteiger partial charge in [-0.15, -0.1) is 0 Å². The molecule has 3 rings (SSSR count). The first kappa shape index (κ1) is 17.7. The van der Waals surface area contributed by atoms with Crippen molar-refractivity contribution in [2.75, 3.05) is 33.7 Å². The van der Waals surface area contributed by atoms with E-state index >= 15 is 0 Å². The molecule has 0 saturated carbocycles. The number of likely N-dealkylation sites (N-methyl/N-ethyl adjacent to an activating group) is 1. The first-order valence-corrected chi connectivity index (χ1v) is 9.14. The van der Waals surface area contributed by atoms with E-state index in [4.69, 9.17) is 0 Å². The molecule has 3 amide bonds. The Labute approximate surface area is 149 Å². The molecule has 0 aromatic heterocycles. The minimum absolute atomic E-state index is 0.0309. The van der Waals surface area contributed by atoms with Crippen LogP contribution in [0.25, 0.3) is 0 Å². The molecule has 136 valence electrons. The Morgan fingerprint density at radius 2 is 2.00 bits per heavy atom. The number of fused-ring (bicyclic) bond motifs is 2. The summed E-state index contributed by atoms with van der Waals surface area (Å²) in [7, 11) is 3.81. The third-order valence-electron chi connectivity index (χ3n) is 5.54. The highest BCUT2D eigenvalue weighted by Crippen LogP contribution is 2.28. The summed E-state index contributed by atoms with van der Waals surface area (Å²) < 4.78 is 0. The van der Waals surface area contributed by atoms with Crippen molar-refractivity contribution >= 4 is 11.9 Å². The van der Waals surface area contributed by atoms with Crippen LogP contribution in [0.2, 0.25) is 0 Å². The van der Waals surface area contributed by atoms with E-state index in [0.717, 1.165) is 31.5 Å². The molecule has 25 heavy (non-hydrogen) atoms. The Kier molecular flexibility index (Phi) is 5.58. The van der Waals surface area contributed by atoms with Crippen molar-refractivity contribution < 1.29 is 9.59 Å². The van der Waals surface area contributed by atoms with Gasteiger partial charge in [-0.3, -0.25) is 9.69 Å². The first-order chi connectivity index (χ1) is 12.1.